The highest BCUT2D eigenvalue weighted by Gasteiger charge is 2.17. The Morgan fingerprint density at radius 3 is 1.70 bits per heavy atom. The third kappa shape index (κ3) is 14.1. The summed E-state index contributed by atoms with van der Waals surface area (Å²) in [5.41, 5.74) is 0.699. The predicted octanol–water partition coefficient (Wildman–Crippen LogP) is 8.08. The first-order valence-electron chi connectivity index (χ1n) is 12.6. The number of rotatable bonds is 20. The normalized spacial score (nSPS) is 10.8. The maximum Gasteiger partial charge on any atom is 0.328 e. The van der Waals surface area contributed by atoms with Crippen molar-refractivity contribution in [3.8, 4) is 17.2 Å². The second kappa shape index (κ2) is 20.7. The highest BCUT2D eigenvalue weighted by Crippen LogP contribution is 2.41. The number of carboxylic acids is 1. The van der Waals surface area contributed by atoms with E-state index in [4.69, 9.17) is 19.3 Å². The van der Waals surface area contributed by atoms with Gasteiger partial charge in [0.05, 0.1) is 19.8 Å². The van der Waals surface area contributed by atoms with Gasteiger partial charge in [-0.3, -0.25) is 0 Å². The number of unbranched alkanes of at least 4 members (excludes halogenated alkanes) is 9. The van der Waals surface area contributed by atoms with Gasteiger partial charge in [0.2, 0.25) is 5.75 Å². The van der Waals surface area contributed by atoms with Crippen LogP contribution in [-0.4, -0.2) is 30.9 Å². The van der Waals surface area contributed by atoms with Crippen molar-refractivity contribution in [3.63, 3.8) is 0 Å². The number of aliphatic carboxylic acids is 1. The van der Waals surface area contributed by atoms with Gasteiger partial charge in [0.25, 0.3) is 0 Å². The van der Waals surface area contributed by atoms with Crippen molar-refractivity contribution < 1.29 is 24.1 Å². The van der Waals surface area contributed by atoms with Gasteiger partial charge >= 0.3 is 5.97 Å². The van der Waals surface area contributed by atoms with Crippen molar-refractivity contribution in [1.82, 2.24) is 0 Å². The van der Waals surface area contributed by atoms with E-state index in [0.717, 1.165) is 44.6 Å². The average Bonchev–Trinajstić information content (AvgIpc) is 2.78. The number of benzene rings is 1. The second-order valence-corrected chi connectivity index (χ2v) is 8.21. The molecule has 0 bridgehead atoms. The van der Waals surface area contributed by atoms with Crippen LogP contribution in [0.25, 0.3) is 6.08 Å². The summed E-state index contributed by atoms with van der Waals surface area (Å²) in [6, 6.07) is 3.72. The minimum Gasteiger partial charge on any atom is -0.490 e. The smallest absolute Gasteiger partial charge is 0.328 e. The van der Waals surface area contributed by atoms with E-state index in [1.807, 2.05) is 12.1 Å². The van der Waals surface area contributed by atoms with Gasteiger partial charge in [0.15, 0.2) is 11.5 Å². The van der Waals surface area contributed by atoms with E-state index in [2.05, 4.69) is 20.8 Å². The predicted molar refractivity (Wildman–Crippen MR) is 139 cm³/mol. The molecule has 0 aliphatic carbocycles. The zero-order valence-electron chi connectivity index (χ0n) is 20.9. The fourth-order valence-electron chi connectivity index (χ4n) is 3.37. The molecule has 0 saturated heterocycles. The molecule has 0 aliphatic rings. The molecule has 1 rings (SSSR count). The summed E-state index contributed by atoms with van der Waals surface area (Å²) in [6.07, 6.45) is 16.1. The molecule has 0 atom stereocenters. The van der Waals surface area contributed by atoms with Gasteiger partial charge in [-0.25, -0.2) is 4.79 Å². The molecule has 0 spiro atoms. The highest BCUT2D eigenvalue weighted by atomic mass is 35.5. The Labute approximate surface area is 207 Å². The summed E-state index contributed by atoms with van der Waals surface area (Å²) in [5.74, 6) is 0.866. The Bertz CT molecular complexity index is 660. The minimum atomic E-state index is -0.989. The fraction of sp³-hybridized carbons (Fsp3) is 0.667. The molecule has 0 aliphatic heterocycles. The topological polar surface area (TPSA) is 65.0 Å². The Balaban J connectivity index is 0.0000102. The van der Waals surface area contributed by atoms with E-state index in [1.54, 1.807) is 6.08 Å². The minimum absolute atomic E-state index is 0. The molecule has 1 aromatic carbocycles. The summed E-state index contributed by atoms with van der Waals surface area (Å²) >= 11 is 0. The van der Waals surface area contributed by atoms with Crippen molar-refractivity contribution in [1.29, 1.82) is 0 Å². The van der Waals surface area contributed by atoms with Crippen LogP contribution in [0, 0.1) is 0 Å². The first-order chi connectivity index (χ1) is 15.6. The summed E-state index contributed by atoms with van der Waals surface area (Å²) in [7, 11) is 0. The molecule has 0 unspecified atom stereocenters. The van der Waals surface area contributed by atoms with Crippen molar-refractivity contribution >= 4 is 24.5 Å². The number of carbonyl (C=O) groups is 1. The third-order valence-corrected chi connectivity index (χ3v) is 5.26. The SMILES string of the molecule is CCCCCCOc1ccc(C=CC(=O)O)c(OCCCCCC)c1OCCCCCC.Cl. The lowest BCUT2D eigenvalue weighted by molar-refractivity contribution is -0.131. The molecule has 0 amide bonds. The first-order valence-corrected chi connectivity index (χ1v) is 12.6. The number of carboxylic acid groups (broad SMARTS) is 1. The number of halogens is 1. The molecule has 190 valence electrons. The monoisotopic (exact) mass is 484 g/mol. The van der Waals surface area contributed by atoms with Crippen LogP contribution in [-0.2, 0) is 4.79 Å². The largest absolute Gasteiger partial charge is 0.490 e. The lowest BCUT2D eigenvalue weighted by atomic mass is 10.1. The van der Waals surface area contributed by atoms with Gasteiger partial charge in [-0.1, -0.05) is 78.6 Å². The molecule has 33 heavy (non-hydrogen) atoms. The molecule has 1 N–H and O–H groups in total. The molecular formula is C27H45ClO5. The molecule has 0 saturated carbocycles. The van der Waals surface area contributed by atoms with E-state index < -0.39 is 5.97 Å². The maximum atomic E-state index is 11.1. The lowest BCUT2D eigenvalue weighted by Gasteiger charge is -2.19. The zero-order valence-corrected chi connectivity index (χ0v) is 21.7. The number of ether oxygens (including phenoxy) is 3. The molecule has 6 heteroatoms. The van der Waals surface area contributed by atoms with Crippen molar-refractivity contribution in [2.75, 3.05) is 19.8 Å². The Morgan fingerprint density at radius 2 is 1.21 bits per heavy atom. The van der Waals surface area contributed by atoms with Crippen molar-refractivity contribution in [2.45, 2.75) is 97.8 Å². The summed E-state index contributed by atoms with van der Waals surface area (Å²) in [4.78, 5) is 11.1. The van der Waals surface area contributed by atoms with Gasteiger partial charge in [0, 0.05) is 11.6 Å². The molecular weight excluding hydrogens is 440 g/mol. The molecule has 0 aromatic heterocycles. The molecule has 1 aromatic rings. The average molecular weight is 485 g/mol. The van der Waals surface area contributed by atoms with Crippen LogP contribution in [0.4, 0.5) is 0 Å². The van der Waals surface area contributed by atoms with Crippen LogP contribution in [0.2, 0.25) is 0 Å². The fourth-order valence-corrected chi connectivity index (χ4v) is 3.37. The van der Waals surface area contributed by atoms with Gasteiger partial charge in [-0.15, -0.1) is 12.4 Å². The number of hydrogen-bond acceptors (Lipinski definition) is 4. The van der Waals surface area contributed by atoms with Crippen molar-refractivity contribution in [3.05, 3.63) is 23.8 Å². The quantitative estimate of drug-likeness (QED) is 0.149. The Kier molecular flexibility index (Phi) is 19.5. The maximum absolute atomic E-state index is 11.1. The van der Waals surface area contributed by atoms with Gasteiger partial charge in [0.1, 0.15) is 0 Å². The molecule has 0 fully saturated rings. The van der Waals surface area contributed by atoms with E-state index in [1.165, 1.54) is 38.5 Å². The lowest BCUT2D eigenvalue weighted by Crippen LogP contribution is -2.07. The highest BCUT2D eigenvalue weighted by molar-refractivity contribution is 5.86. The molecule has 0 radical (unpaired) electrons. The van der Waals surface area contributed by atoms with E-state index in [9.17, 15) is 4.79 Å². The third-order valence-electron chi connectivity index (χ3n) is 5.26. The van der Waals surface area contributed by atoms with Crippen LogP contribution in [0.1, 0.15) is 103 Å². The van der Waals surface area contributed by atoms with E-state index >= 15 is 0 Å². The van der Waals surface area contributed by atoms with E-state index in [0.29, 0.717) is 42.6 Å². The van der Waals surface area contributed by atoms with Gasteiger partial charge in [-0.2, -0.15) is 0 Å². The second-order valence-electron chi connectivity index (χ2n) is 8.21. The van der Waals surface area contributed by atoms with Crippen LogP contribution in [0.5, 0.6) is 17.2 Å². The van der Waals surface area contributed by atoms with Crippen LogP contribution < -0.4 is 14.2 Å². The van der Waals surface area contributed by atoms with Crippen LogP contribution in [0.15, 0.2) is 18.2 Å². The zero-order chi connectivity index (χ0) is 23.4. The summed E-state index contributed by atoms with van der Waals surface area (Å²) in [6.45, 7) is 8.35. The Hall–Kier alpha value is -1.88. The van der Waals surface area contributed by atoms with Gasteiger partial charge in [-0.05, 0) is 37.5 Å². The molecule has 0 heterocycles. The van der Waals surface area contributed by atoms with Crippen molar-refractivity contribution in [2.24, 2.45) is 0 Å². The Morgan fingerprint density at radius 1 is 0.727 bits per heavy atom. The van der Waals surface area contributed by atoms with Crippen LogP contribution in [0.3, 0.4) is 0 Å². The standard InChI is InChI=1S/C27H44O5.ClH/c1-4-7-10-13-20-30-24-18-16-23(17-19-25(28)29)26(31-21-14-11-8-5-2)27(24)32-22-15-12-9-6-3;/h16-19H,4-15,20-22H2,1-3H3,(H,28,29);1H. The molecule has 5 nitrogen and oxygen atoms in total. The first kappa shape index (κ1) is 31.1. The van der Waals surface area contributed by atoms with Crippen LogP contribution >= 0.6 is 12.4 Å². The summed E-state index contributed by atoms with van der Waals surface area (Å²) < 4.78 is 18.4. The van der Waals surface area contributed by atoms with Gasteiger partial charge < -0.3 is 19.3 Å². The number of hydrogen-bond donors (Lipinski definition) is 1. The van der Waals surface area contributed by atoms with E-state index in [-0.39, 0.29) is 12.4 Å². The summed E-state index contributed by atoms with van der Waals surface area (Å²) in [5, 5.41) is 9.09.